The van der Waals surface area contributed by atoms with Crippen LogP contribution in [-0.2, 0) is 4.79 Å². The molecule has 0 saturated carbocycles. The minimum atomic E-state index is -1.74. The van der Waals surface area contributed by atoms with Crippen molar-refractivity contribution in [2.75, 3.05) is 0 Å². The molecule has 5 atom stereocenters. The van der Waals surface area contributed by atoms with Crippen LogP contribution < -0.4 is 10.6 Å². The lowest BCUT2D eigenvalue weighted by Crippen LogP contribution is -2.53. The minimum Gasteiger partial charge on any atom is -0.426 e. The fourth-order valence-electron chi connectivity index (χ4n) is 5.09. The summed E-state index contributed by atoms with van der Waals surface area (Å²) in [7, 11) is -1.74. The summed E-state index contributed by atoms with van der Waals surface area (Å²) < 4.78 is 0. The van der Waals surface area contributed by atoms with Crippen molar-refractivity contribution in [2.24, 2.45) is 5.92 Å². The number of benzene rings is 3. The van der Waals surface area contributed by atoms with Crippen LogP contribution in [0.5, 0.6) is 0 Å². The summed E-state index contributed by atoms with van der Waals surface area (Å²) in [6.45, 7) is 3.84. The summed E-state index contributed by atoms with van der Waals surface area (Å²) in [4.78, 5) is 25.6. The molecule has 0 spiro atoms. The number of hydrogen-bond donors (Lipinski definition) is 4. The second kappa shape index (κ2) is 10.6. The number of rotatable bonds is 8. The lowest BCUT2D eigenvalue weighted by atomic mass is 9.74. The molecule has 4 rings (SSSR count). The number of amides is 1. The van der Waals surface area contributed by atoms with E-state index >= 15 is 0 Å². The summed E-state index contributed by atoms with van der Waals surface area (Å²) in [6.07, 6.45) is 0.359. The highest BCUT2D eigenvalue weighted by molar-refractivity contribution is 6.43. The molecule has 5 unspecified atom stereocenters. The Kier molecular flexibility index (Phi) is 7.49. The van der Waals surface area contributed by atoms with E-state index in [1.165, 1.54) is 0 Å². The van der Waals surface area contributed by atoms with Gasteiger partial charge >= 0.3 is 7.12 Å². The van der Waals surface area contributed by atoms with Crippen LogP contribution in [0.15, 0.2) is 72.8 Å². The molecular weight excluding hydrogens is 445 g/mol. The maximum absolute atomic E-state index is 13.5. The fourth-order valence-corrected chi connectivity index (χ4v) is 5.09. The minimum absolute atomic E-state index is 0.110. The summed E-state index contributed by atoms with van der Waals surface area (Å²) in [5, 5.41) is 40.0. The van der Waals surface area contributed by atoms with Crippen LogP contribution in [-0.4, -0.2) is 46.0 Å². The van der Waals surface area contributed by atoms with Crippen molar-refractivity contribution in [3.63, 3.8) is 0 Å². The van der Waals surface area contributed by atoms with E-state index in [4.69, 9.17) is 0 Å². The van der Waals surface area contributed by atoms with Gasteiger partial charge < -0.3 is 15.4 Å². The Morgan fingerprint density at radius 3 is 2.31 bits per heavy atom. The Balaban J connectivity index is 1.76. The molecule has 1 aliphatic rings. The third kappa shape index (κ3) is 5.37. The molecule has 0 aromatic heterocycles. The van der Waals surface area contributed by atoms with Gasteiger partial charge in [-0.2, -0.15) is 0 Å². The van der Waals surface area contributed by atoms with Gasteiger partial charge in [-0.15, -0.1) is 0 Å². The first-order chi connectivity index (χ1) is 16.8. The zero-order valence-electron chi connectivity index (χ0n) is 19.7. The van der Waals surface area contributed by atoms with Gasteiger partial charge in [-0.1, -0.05) is 86.6 Å². The number of nitro groups is 1. The molecule has 3 aromatic rings. The molecule has 0 radical (unpaired) electrons. The average Bonchev–Trinajstić information content (AvgIpc) is 3.25. The van der Waals surface area contributed by atoms with Crippen LogP contribution in [0.25, 0.3) is 10.8 Å². The van der Waals surface area contributed by atoms with E-state index in [9.17, 15) is 25.0 Å². The number of nitrogens with one attached hydrogen (secondary N) is 2. The zero-order chi connectivity index (χ0) is 25.1. The molecule has 1 heterocycles. The second-order valence-electron chi connectivity index (χ2n) is 9.60. The van der Waals surface area contributed by atoms with Gasteiger partial charge in [0, 0.05) is 4.92 Å². The maximum Gasteiger partial charge on any atom is 0.475 e. The van der Waals surface area contributed by atoms with Gasteiger partial charge in [0.05, 0.1) is 11.9 Å². The predicted molar refractivity (Wildman–Crippen MR) is 135 cm³/mol. The van der Waals surface area contributed by atoms with Crippen LogP contribution >= 0.6 is 0 Å². The van der Waals surface area contributed by atoms with Gasteiger partial charge in [-0.25, -0.2) is 0 Å². The Morgan fingerprint density at radius 2 is 1.69 bits per heavy atom. The quantitative estimate of drug-likeness (QED) is 0.226. The number of carbonyl (C=O) groups is 1. The summed E-state index contributed by atoms with van der Waals surface area (Å²) >= 11 is 0. The first-order valence-corrected chi connectivity index (χ1v) is 11.9. The van der Waals surface area contributed by atoms with Crippen LogP contribution in [0, 0.1) is 16.0 Å². The monoisotopic (exact) mass is 475 g/mol. The molecule has 0 bridgehead atoms. The van der Waals surface area contributed by atoms with Gasteiger partial charge in [0.15, 0.2) is 0 Å². The smallest absolute Gasteiger partial charge is 0.426 e. The molecule has 1 fully saturated rings. The number of fused-ring (bicyclic) bond motifs is 1. The van der Waals surface area contributed by atoms with E-state index < -0.39 is 43.0 Å². The molecular formula is C26H30BN3O5. The molecule has 3 aromatic carbocycles. The fraction of sp³-hybridized carbons (Fsp3) is 0.346. The summed E-state index contributed by atoms with van der Waals surface area (Å²) in [5.74, 6) is -2.03. The Morgan fingerprint density at radius 1 is 1.03 bits per heavy atom. The maximum atomic E-state index is 13.5. The summed E-state index contributed by atoms with van der Waals surface area (Å²) in [6, 6.07) is 19.7. The van der Waals surface area contributed by atoms with Crippen molar-refractivity contribution in [1.29, 1.82) is 0 Å². The Bertz CT molecular complexity index is 1190. The molecule has 182 valence electrons. The highest BCUT2D eigenvalue weighted by atomic mass is 16.6. The molecule has 1 saturated heterocycles. The third-order valence-electron chi connectivity index (χ3n) is 6.68. The van der Waals surface area contributed by atoms with Gasteiger partial charge in [0.25, 0.3) is 0 Å². The van der Waals surface area contributed by atoms with Crippen LogP contribution in [0.3, 0.4) is 0 Å². The van der Waals surface area contributed by atoms with E-state index in [1.807, 2.05) is 86.6 Å². The topological polar surface area (TPSA) is 125 Å². The number of carbonyl (C=O) groups excluding carboxylic acids is 1. The normalized spacial score (nSPS) is 22.8. The molecule has 1 aliphatic heterocycles. The van der Waals surface area contributed by atoms with E-state index in [-0.39, 0.29) is 10.8 Å². The van der Waals surface area contributed by atoms with Crippen LogP contribution in [0.1, 0.15) is 43.4 Å². The van der Waals surface area contributed by atoms with Crippen molar-refractivity contribution in [3.05, 3.63) is 94.0 Å². The van der Waals surface area contributed by atoms with E-state index in [1.54, 1.807) is 0 Å². The SMILES string of the molecule is CC(C)CC(NC(=O)C1NC(c2ccccc2)C([N+](=O)[O-])C1c1ccc2ccccc2c1)B(O)O. The molecule has 4 N–H and O–H groups in total. The molecule has 9 heteroatoms. The molecule has 35 heavy (non-hydrogen) atoms. The van der Waals surface area contributed by atoms with Crippen molar-refractivity contribution in [2.45, 2.75) is 50.3 Å². The van der Waals surface area contributed by atoms with Crippen LogP contribution in [0.2, 0.25) is 0 Å². The van der Waals surface area contributed by atoms with Crippen molar-refractivity contribution in [3.8, 4) is 0 Å². The predicted octanol–water partition coefficient (Wildman–Crippen LogP) is 2.82. The summed E-state index contributed by atoms with van der Waals surface area (Å²) in [5.41, 5.74) is 1.40. The Labute approximate surface area is 204 Å². The molecule has 1 amide bonds. The molecule has 8 nitrogen and oxygen atoms in total. The lowest BCUT2D eigenvalue weighted by Gasteiger charge is -2.25. The van der Waals surface area contributed by atoms with Crippen molar-refractivity contribution in [1.82, 2.24) is 10.6 Å². The number of nitrogens with zero attached hydrogens (tertiary/aromatic N) is 1. The molecule has 0 aliphatic carbocycles. The van der Waals surface area contributed by atoms with E-state index in [2.05, 4.69) is 10.6 Å². The van der Waals surface area contributed by atoms with Gasteiger partial charge in [0.2, 0.25) is 11.9 Å². The first kappa shape index (κ1) is 24.8. The highest BCUT2D eigenvalue weighted by Crippen LogP contribution is 2.41. The second-order valence-corrected chi connectivity index (χ2v) is 9.60. The number of hydrogen-bond acceptors (Lipinski definition) is 6. The zero-order valence-corrected chi connectivity index (χ0v) is 19.7. The average molecular weight is 475 g/mol. The van der Waals surface area contributed by atoms with E-state index in [0.29, 0.717) is 12.0 Å². The van der Waals surface area contributed by atoms with Crippen molar-refractivity contribution >= 4 is 23.8 Å². The third-order valence-corrected chi connectivity index (χ3v) is 6.68. The standard InChI is InChI=1S/C26H30BN3O5/c1-16(2)14-21(27(32)33)28-26(31)24-22(20-13-12-17-8-6-7-11-19(17)15-20)25(30(34)35)23(29-24)18-9-4-3-5-10-18/h3-13,15-16,21-25,29,32-33H,14H2,1-2H3,(H,28,31). The van der Waals surface area contributed by atoms with Crippen molar-refractivity contribution < 1.29 is 19.8 Å². The van der Waals surface area contributed by atoms with E-state index in [0.717, 1.165) is 16.3 Å². The van der Waals surface area contributed by atoms with Gasteiger partial charge in [-0.05, 0) is 34.2 Å². The van der Waals surface area contributed by atoms with Gasteiger partial charge in [-0.3, -0.25) is 20.2 Å². The van der Waals surface area contributed by atoms with Gasteiger partial charge in [0.1, 0.15) is 12.1 Å². The lowest BCUT2D eigenvalue weighted by molar-refractivity contribution is -0.527. The highest BCUT2D eigenvalue weighted by Gasteiger charge is 2.54. The first-order valence-electron chi connectivity index (χ1n) is 11.9. The van der Waals surface area contributed by atoms with Crippen LogP contribution in [0.4, 0.5) is 0 Å². The largest absolute Gasteiger partial charge is 0.475 e. The Hall–Kier alpha value is -3.27.